The molecule has 0 aliphatic carbocycles. The van der Waals surface area contributed by atoms with Gasteiger partial charge in [0.25, 0.3) is 0 Å². The highest BCUT2D eigenvalue weighted by molar-refractivity contribution is 6.38. The van der Waals surface area contributed by atoms with Crippen molar-refractivity contribution in [3.63, 3.8) is 0 Å². The molecule has 84 valence electrons. The number of halogens is 2. The van der Waals surface area contributed by atoms with Crippen molar-refractivity contribution in [1.29, 1.82) is 0 Å². The van der Waals surface area contributed by atoms with Crippen LogP contribution in [0.25, 0.3) is 22.0 Å². The fourth-order valence-corrected chi connectivity index (χ4v) is 2.41. The van der Waals surface area contributed by atoms with E-state index in [1.165, 1.54) is 0 Å². The molecule has 0 bridgehead atoms. The molecule has 0 saturated heterocycles. The van der Waals surface area contributed by atoms with Gasteiger partial charge < -0.3 is 4.98 Å². The lowest BCUT2D eigenvalue weighted by molar-refractivity contribution is 1.48. The summed E-state index contributed by atoms with van der Waals surface area (Å²) in [4.78, 5) is 3.14. The maximum atomic E-state index is 6.40. The zero-order valence-corrected chi connectivity index (χ0v) is 10.4. The van der Waals surface area contributed by atoms with Gasteiger partial charge in [0.1, 0.15) is 0 Å². The van der Waals surface area contributed by atoms with Crippen molar-refractivity contribution in [2.24, 2.45) is 0 Å². The quantitative estimate of drug-likeness (QED) is 0.624. The molecule has 17 heavy (non-hydrogen) atoms. The molecule has 0 aliphatic heterocycles. The molecule has 1 N–H and O–H groups in total. The van der Waals surface area contributed by atoms with Crippen molar-refractivity contribution in [2.75, 3.05) is 0 Å². The second-order valence-electron chi connectivity index (χ2n) is 3.87. The van der Waals surface area contributed by atoms with Gasteiger partial charge in [-0.25, -0.2) is 0 Å². The first kappa shape index (κ1) is 10.7. The zero-order valence-electron chi connectivity index (χ0n) is 8.87. The Morgan fingerprint density at radius 3 is 2.35 bits per heavy atom. The summed E-state index contributed by atoms with van der Waals surface area (Å²) in [6.07, 6.45) is 1.89. The van der Waals surface area contributed by atoms with Crippen LogP contribution in [0.2, 0.25) is 10.0 Å². The van der Waals surface area contributed by atoms with Crippen LogP contribution in [-0.4, -0.2) is 4.98 Å². The summed E-state index contributed by atoms with van der Waals surface area (Å²) < 4.78 is 0. The minimum Gasteiger partial charge on any atom is -0.361 e. The van der Waals surface area contributed by atoms with Crippen LogP contribution in [0.3, 0.4) is 0 Å². The van der Waals surface area contributed by atoms with Crippen molar-refractivity contribution in [2.45, 2.75) is 0 Å². The highest BCUT2D eigenvalue weighted by atomic mass is 35.5. The van der Waals surface area contributed by atoms with Gasteiger partial charge in [-0.3, -0.25) is 0 Å². The summed E-state index contributed by atoms with van der Waals surface area (Å²) in [5, 5.41) is 2.54. The van der Waals surface area contributed by atoms with E-state index in [2.05, 4.69) is 4.98 Å². The third-order valence-electron chi connectivity index (χ3n) is 2.82. The molecule has 3 rings (SSSR count). The number of nitrogens with one attached hydrogen (secondary N) is 1. The van der Waals surface area contributed by atoms with Gasteiger partial charge in [0.2, 0.25) is 0 Å². The van der Waals surface area contributed by atoms with Crippen LogP contribution in [0.1, 0.15) is 0 Å². The van der Waals surface area contributed by atoms with Crippen molar-refractivity contribution < 1.29 is 0 Å². The van der Waals surface area contributed by atoms with E-state index in [9.17, 15) is 0 Å². The first-order valence-corrected chi connectivity index (χ1v) is 6.03. The third-order valence-corrected chi connectivity index (χ3v) is 3.48. The van der Waals surface area contributed by atoms with Gasteiger partial charge in [-0.15, -0.1) is 0 Å². The van der Waals surface area contributed by atoms with E-state index in [0.29, 0.717) is 0 Å². The Morgan fingerprint density at radius 2 is 1.59 bits per heavy atom. The fourth-order valence-electron chi connectivity index (χ4n) is 1.95. The number of H-pyrrole nitrogens is 1. The Bertz CT molecular complexity index is 668. The van der Waals surface area contributed by atoms with Crippen LogP contribution in [-0.2, 0) is 0 Å². The molecule has 3 heteroatoms. The smallest absolute Gasteiger partial charge is 0.0578 e. The highest BCUT2D eigenvalue weighted by Gasteiger charge is 2.07. The lowest BCUT2D eigenvalue weighted by atomic mass is 10.0. The van der Waals surface area contributed by atoms with Crippen LogP contribution < -0.4 is 0 Å². The van der Waals surface area contributed by atoms with Gasteiger partial charge >= 0.3 is 0 Å². The minimum atomic E-state index is 0.729. The maximum Gasteiger partial charge on any atom is 0.0578 e. The molecule has 0 atom stereocenters. The lowest BCUT2D eigenvalue weighted by Gasteiger charge is -2.05. The molecule has 3 aromatic rings. The Morgan fingerprint density at radius 1 is 0.824 bits per heavy atom. The Kier molecular flexibility index (Phi) is 2.58. The number of aromatic nitrogens is 1. The van der Waals surface area contributed by atoms with Crippen LogP contribution >= 0.6 is 23.2 Å². The number of hydrogen-bond acceptors (Lipinski definition) is 0. The second-order valence-corrected chi connectivity index (χ2v) is 4.69. The molecule has 1 heterocycles. The van der Waals surface area contributed by atoms with E-state index < -0.39 is 0 Å². The summed E-state index contributed by atoms with van der Waals surface area (Å²) in [5.41, 5.74) is 3.14. The predicted molar refractivity (Wildman–Crippen MR) is 73.8 cm³/mol. The number of aromatic amines is 1. The van der Waals surface area contributed by atoms with Crippen molar-refractivity contribution in [3.8, 4) is 11.1 Å². The van der Waals surface area contributed by atoms with Gasteiger partial charge in [0.15, 0.2) is 0 Å². The molecule has 0 unspecified atom stereocenters. The molecular formula is C14H9Cl2N. The molecule has 0 spiro atoms. The molecule has 0 saturated carbocycles. The Balaban J connectivity index is 2.23. The molecule has 0 fully saturated rings. The topological polar surface area (TPSA) is 15.8 Å². The Labute approximate surface area is 109 Å². The highest BCUT2D eigenvalue weighted by Crippen LogP contribution is 2.34. The standard InChI is InChI=1S/C14H9Cl2N/c15-10-3-1-9(2-4-10)11-5-6-13-12(14(11)16)7-8-17-13/h1-8,17H. The molecule has 0 radical (unpaired) electrons. The largest absolute Gasteiger partial charge is 0.361 e. The number of fused-ring (bicyclic) bond motifs is 1. The summed E-state index contributed by atoms with van der Waals surface area (Å²) in [6.45, 7) is 0. The first-order valence-electron chi connectivity index (χ1n) is 5.27. The molecule has 1 nitrogen and oxygen atoms in total. The predicted octanol–water partition coefficient (Wildman–Crippen LogP) is 5.14. The van der Waals surface area contributed by atoms with E-state index in [0.717, 1.165) is 32.1 Å². The zero-order chi connectivity index (χ0) is 11.8. The number of benzene rings is 2. The van der Waals surface area contributed by atoms with Crippen molar-refractivity contribution in [1.82, 2.24) is 4.98 Å². The molecule has 2 aromatic carbocycles. The van der Waals surface area contributed by atoms with Crippen molar-refractivity contribution >= 4 is 34.1 Å². The summed E-state index contributed by atoms with van der Waals surface area (Å²) in [7, 11) is 0. The van der Waals surface area contributed by atoms with Gasteiger partial charge in [-0.1, -0.05) is 41.4 Å². The summed E-state index contributed by atoms with van der Waals surface area (Å²) in [5.74, 6) is 0. The average molecular weight is 262 g/mol. The van der Waals surface area contributed by atoms with Gasteiger partial charge in [-0.2, -0.15) is 0 Å². The fraction of sp³-hybridized carbons (Fsp3) is 0. The van der Waals surface area contributed by atoms with E-state index in [1.54, 1.807) is 0 Å². The van der Waals surface area contributed by atoms with E-state index in [4.69, 9.17) is 23.2 Å². The van der Waals surface area contributed by atoms with E-state index >= 15 is 0 Å². The van der Waals surface area contributed by atoms with Crippen LogP contribution in [0.5, 0.6) is 0 Å². The normalized spacial score (nSPS) is 10.9. The van der Waals surface area contributed by atoms with Gasteiger partial charge in [0, 0.05) is 27.7 Å². The Hall–Kier alpha value is -1.44. The molecular weight excluding hydrogens is 253 g/mol. The SMILES string of the molecule is Clc1ccc(-c2ccc3[nH]ccc3c2Cl)cc1. The van der Waals surface area contributed by atoms with Crippen LogP contribution in [0.15, 0.2) is 48.7 Å². The molecule has 0 amide bonds. The molecule has 1 aromatic heterocycles. The van der Waals surface area contributed by atoms with Gasteiger partial charge in [0.05, 0.1) is 5.02 Å². The number of hydrogen-bond donors (Lipinski definition) is 1. The van der Waals surface area contributed by atoms with Gasteiger partial charge in [-0.05, 0) is 29.8 Å². The summed E-state index contributed by atoms with van der Waals surface area (Å²) in [6, 6.07) is 13.7. The number of rotatable bonds is 1. The maximum absolute atomic E-state index is 6.40. The first-order chi connectivity index (χ1) is 8.25. The average Bonchev–Trinajstić information content (AvgIpc) is 2.80. The van der Waals surface area contributed by atoms with E-state index in [1.807, 2.05) is 48.7 Å². The lowest BCUT2D eigenvalue weighted by Crippen LogP contribution is -1.80. The van der Waals surface area contributed by atoms with Crippen molar-refractivity contribution in [3.05, 3.63) is 58.7 Å². The third kappa shape index (κ3) is 1.82. The van der Waals surface area contributed by atoms with Crippen LogP contribution in [0.4, 0.5) is 0 Å². The molecule has 0 aliphatic rings. The van der Waals surface area contributed by atoms with E-state index in [-0.39, 0.29) is 0 Å². The second kappa shape index (κ2) is 4.10. The van der Waals surface area contributed by atoms with Crippen LogP contribution in [0, 0.1) is 0 Å². The minimum absolute atomic E-state index is 0.729. The monoisotopic (exact) mass is 261 g/mol. The summed E-state index contributed by atoms with van der Waals surface area (Å²) >= 11 is 12.3.